The Hall–Kier alpha value is -3.11. The van der Waals surface area contributed by atoms with Crippen molar-refractivity contribution < 1.29 is 9.53 Å². The van der Waals surface area contributed by atoms with Gasteiger partial charge in [-0.25, -0.2) is 0 Å². The Morgan fingerprint density at radius 3 is 2.34 bits per heavy atom. The fraction of sp³-hybridized carbons (Fsp3) is 0.387. The molecule has 1 aliphatic rings. The molecule has 184 valence electrons. The van der Waals surface area contributed by atoms with E-state index in [0.717, 1.165) is 44.0 Å². The maximum atomic E-state index is 13.6. The maximum Gasteiger partial charge on any atom is 0.253 e. The molecule has 0 N–H and O–H groups in total. The van der Waals surface area contributed by atoms with Crippen molar-refractivity contribution in [2.24, 2.45) is 11.8 Å². The molecule has 4 rings (SSSR count). The summed E-state index contributed by atoms with van der Waals surface area (Å²) in [6.07, 6.45) is 0. The van der Waals surface area contributed by atoms with Crippen LogP contribution in [0.5, 0.6) is 5.75 Å². The molecule has 0 aliphatic carbocycles. The van der Waals surface area contributed by atoms with Crippen LogP contribution in [0.15, 0.2) is 78.9 Å². The molecule has 0 saturated carbocycles. The van der Waals surface area contributed by atoms with Gasteiger partial charge in [0.25, 0.3) is 5.91 Å². The maximum absolute atomic E-state index is 13.6. The van der Waals surface area contributed by atoms with Gasteiger partial charge in [-0.1, -0.05) is 80.1 Å². The summed E-state index contributed by atoms with van der Waals surface area (Å²) in [5.74, 6) is 2.22. The van der Waals surface area contributed by atoms with E-state index in [2.05, 4.69) is 73.0 Å². The van der Waals surface area contributed by atoms with Gasteiger partial charge in [-0.2, -0.15) is 0 Å². The lowest BCUT2D eigenvalue weighted by molar-refractivity contribution is 0.0703. The normalized spacial score (nSPS) is 18.1. The number of hydrogen-bond donors (Lipinski definition) is 0. The van der Waals surface area contributed by atoms with Crippen LogP contribution in [0.25, 0.3) is 0 Å². The monoisotopic (exact) mass is 470 g/mol. The van der Waals surface area contributed by atoms with Gasteiger partial charge in [0.1, 0.15) is 5.75 Å². The highest BCUT2D eigenvalue weighted by Gasteiger charge is 2.36. The molecule has 35 heavy (non-hydrogen) atoms. The molecule has 0 bridgehead atoms. The van der Waals surface area contributed by atoms with Gasteiger partial charge in [0.2, 0.25) is 0 Å². The van der Waals surface area contributed by atoms with Gasteiger partial charge in [-0.05, 0) is 42.5 Å². The lowest BCUT2D eigenvalue weighted by Crippen LogP contribution is -2.39. The van der Waals surface area contributed by atoms with Gasteiger partial charge in [-0.3, -0.25) is 9.69 Å². The SMILES string of the molecule is COc1ccccc1CN1CC(CN(CC(C)C)C(=O)c2ccc(C)cc2)C(c2ccccc2)C1. The van der Waals surface area contributed by atoms with Gasteiger partial charge in [0, 0.05) is 49.8 Å². The number of carbonyl (C=O) groups is 1. The molecule has 0 radical (unpaired) electrons. The van der Waals surface area contributed by atoms with Crippen LogP contribution in [0.2, 0.25) is 0 Å². The molecular weight excluding hydrogens is 432 g/mol. The molecule has 0 spiro atoms. The fourth-order valence-electron chi connectivity index (χ4n) is 5.27. The first-order valence-corrected chi connectivity index (χ1v) is 12.7. The molecule has 4 nitrogen and oxygen atoms in total. The molecular formula is C31H38N2O2. The number of hydrogen-bond acceptors (Lipinski definition) is 3. The third kappa shape index (κ3) is 6.32. The van der Waals surface area contributed by atoms with Crippen molar-refractivity contribution in [3.63, 3.8) is 0 Å². The summed E-state index contributed by atoms with van der Waals surface area (Å²) < 4.78 is 5.61. The second-order valence-corrected chi connectivity index (χ2v) is 10.3. The molecule has 2 unspecified atom stereocenters. The van der Waals surface area contributed by atoms with Gasteiger partial charge in [-0.15, -0.1) is 0 Å². The number of carbonyl (C=O) groups excluding carboxylic acids is 1. The summed E-state index contributed by atoms with van der Waals surface area (Å²) in [5.41, 5.74) is 4.50. The predicted molar refractivity (Wildman–Crippen MR) is 143 cm³/mol. The van der Waals surface area contributed by atoms with Crippen LogP contribution >= 0.6 is 0 Å². The third-order valence-electron chi connectivity index (χ3n) is 6.96. The lowest BCUT2D eigenvalue weighted by Gasteiger charge is -2.30. The highest BCUT2D eigenvalue weighted by Crippen LogP contribution is 2.35. The minimum atomic E-state index is 0.133. The van der Waals surface area contributed by atoms with Crippen LogP contribution in [0.1, 0.15) is 46.8 Å². The Labute approximate surface area is 210 Å². The molecule has 0 aromatic heterocycles. The first kappa shape index (κ1) is 25.0. The topological polar surface area (TPSA) is 32.8 Å². The first-order valence-electron chi connectivity index (χ1n) is 12.7. The van der Waals surface area contributed by atoms with E-state index in [4.69, 9.17) is 4.74 Å². The van der Waals surface area contributed by atoms with E-state index in [-0.39, 0.29) is 5.91 Å². The highest BCUT2D eigenvalue weighted by molar-refractivity contribution is 5.94. The summed E-state index contributed by atoms with van der Waals surface area (Å²) in [6.45, 7) is 10.7. The number of benzene rings is 3. The number of aryl methyl sites for hydroxylation is 1. The van der Waals surface area contributed by atoms with E-state index >= 15 is 0 Å². The van der Waals surface area contributed by atoms with Crippen molar-refractivity contribution in [2.45, 2.75) is 33.2 Å². The van der Waals surface area contributed by atoms with Crippen LogP contribution in [-0.2, 0) is 6.54 Å². The zero-order valence-corrected chi connectivity index (χ0v) is 21.5. The minimum Gasteiger partial charge on any atom is -0.496 e. The Morgan fingerprint density at radius 1 is 0.971 bits per heavy atom. The smallest absolute Gasteiger partial charge is 0.253 e. The molecule has 2 atom stereocenters. The van der Waals surface area contributed by atoms with Crippen LogP contribution in [0.3, 0.4) is 0 Å². The number of amides is 1. The summed E-state index contributed by atoms with van der Waals surface area (Å²) in [7, 11) is 1.73. The summed E-state index contributed by atoms with van der Waals surface area (Å²) in [5, 5.41) is 0. The molecule has 1 amide bonds. The third-order valence-corrected chi connectivity index (χ3v) is 6.96. The summed E-state index contributed by atoms with van der Waals surface area (Å²) in [6, 6.07) is 27.0. The van der Waals surface area contributed by atoms with Crippen LogP contribution in [-0.4, -0.2) is 49.0 Å². The lowest BCUT2D eigenvalue weighted by atomic mass is 9.88. The van der Waals surface area contributed by atoms with Crippen LogP contribution < -0.4 is 4.74 Å². The van der Waals surface area contributed by atoms with Gasteiger partial charge in [0.05, 0.1) is 7.11 Å². The Kier molecular flexibility index (Phi) is 8.25. The first-order chi connectivity index (χ1) is 16.9. The predicted octanol–water partition coefficient (Wildman–Crippen LogP) is 6.02. The van der Waals surface area contributed by atoms with Crippen molar-refractivity contribution in [3.8, 4) is 5.75 Å². The van der Waals surface area contributed by atoms with Crippen molar-refractivity contribution in [2.75, 3.05) is 33.3 Å². The molecule has 1 fully saturated rings. The molecule has 3 aromatic carbocycles. The molecule has 1 saturated heterocycles. The van der Waals surface area contributed by atoms with Crippen molar-refractivity contribution in [1.82, 2.24) is 9.80 Å². The number of para-hydroxylation sites is 1. The zero-order chi connectivity index (χ0) is 24.8. The Bertz CT molecular complexity index is 1090. The van der Waals surface area contributed by atoms with Crippen molar-refractivity contribution in [3.05, 3.63) is 101 Å². The second-order valence-electron chi connectivity index (χ2n) is 10.3. The quantitative estimate of drug-likeness (QED) is 0.383. The van der Waals surface area contributed by atoms with Gasteiger partial charge in [0.15, 0.2) is 0 Å². The number of methoxy groups -OCH3 is 1. The van der Waals surface area contributed by atoms with E-state index in [1.54, 1.807) is 7.11 Å². The fourth-order valence-corrected chi connectivity index (χ4v) is 5.27. The Balaban J connectivity index is 1.58. The van der Waals surface area contributed by atoms with E-state index in [0.29, 0.717) is 17.8 Å². The number of likely N-dealkylation sites (tertiary alicyclic amines) is 1. The van der Waals surface area contributed by atoms with E-state index in [1.807, 2.05) is 36.4 Å². The largest absolute Gasteiger partial charge is 0.496 e. The van der Waals surface area contributed by atoms with E-state index in [9.17, 15) is 4.79 Å². The highest BCUT2D eigenvalue weighted by atomic mass is 16.5. The van der Waals surface area contributed by atoms with Crippen LogP contribution in [0.4, 0.5) is 0 Å². The number of rotatable bonds is 9. The molecule has 4 heteroatoms. The zero-order valence-electron chi connectivity index (χ0n) is 21.5. The van der Waals surface area contributed by atoms with Crippen molar-refractivity contribution >= 4 is 5.91 Å². The molecule has 1 aliphatic heterocycles. The summed E-state index contributed by atoms with van der Waals surface area (Å²) >= 11 is 0. The average Bonchev–Trinajstić information content (AvgIpc) is 3.26. The van der Waals surface area contributed by atoms with E-state index < -0.39 is 0 Å². The molecule has 3 aromatic rings. The average molecular weight is 471 g/mol. The molecule has 1 heterocycles. The van der Waals surface area contributed by atoms with Gasteiger partial charge >= 0.3 is 0 Å². The standard InChI is InChI=1S/C31H38N2O2/c1-23(2)18-33(31(34)26-16-14-24(3)15-17-26)21-28-20-32(19-27-12-8-9-13-30(27)35-4)22-29(28)25-10-6-5-7-11-25/h5-17,23,28-29H,18-22H2,1-4H3. The Morgan fingerprint density at radius 2 is 1.66 bits per heavy atom. The van der Waals surface area contributed by atoms with Crippen molar-refractivity contribution in [1.29, 1.82) is 0 Å². The minimum absolute atomic E-state index is 0.133. The van der Waals surface area contributed by atoms with E-state index in [1.165, 1.54) is 16.7 Å². The summed E-state index contributed by atoms with van der Waals surface area (Å²) in [4.78, 5) is 18.2. The number of nitrogens with zero attached hydrogens (tertiary/aromatic N) is 2. The number of ether oxygens (including phenoxy) is 1. The van der Waals surface area contributed by atoms with Crippen LogP contribution in [0, 0.1) is 18.8 Å². The van der Waals surface area contributed by atoms with Gasteiger partial charge < -0.3 is 9.64 Å². The second kappa shape index (κ2) is 11.5.